The van der Waals surface area contributed by atoms with Crippen molar-refractivity contribution in [3.63, 3.8) is 0 Å². The van der Waals surface area contributed by atoms with Gasteiger partial charge in [-0.2, -0.15) is 5.26 Å². The van der Waals surface area contributed by atoms with Gasteiger partial charge in [0.15, 0.2) is 0 Å². The largest absolute Gasteiger partial charge is 0.493 e. The molecule has 9 nitrogen and oxygen atoms in total. The summed E-state index contributed by atoms with van der Waals surface area (Å²) in [5.74, 6) is -1.03. The van der Waals surface area contributed by atoms with E-state index in [4.69, 9.17) is 10.00 Å². The van der Waals surface area contributed by atoms with Crippen molar-refractivity contribution in [2.24, 2.45) is 5.92 Å². The number of carbonyl (C=O) groups is 3. The molecule has 1 aliphatic carbocycles. The van der Waals surface area contributed by atoms with Crippen LogP contribution in [0.15, 0.2) is 60.7 Å². The molecule has 3 N–H and O–H groups in total. The van der Waals surface area contributed by atoms with Crippen LogP contribution in [0.25, 0.3) is 10.8 Å². The maximum absolute atomic E-state index is 13.7. The number of hydrogen-bond acceptors (Lipinski definition) is 6. The summed E-state index contributed by atoms with van der Waals surface area (Å²) in [6, 6.07) is 21.2. The summed E-state index contributed by atoms with van der Waals surface area (Å²) in [5, 5.41) is 18.9. The molecule has 2 aliphatic rings. The average molecular weight is 526 g/mol. The molecule has 39 heavy (non-hydrogen) atoms. The lowest BCUT2D eigenvalue weighted by atomic mass is 9.96. The van der Waals surface area contributed by atoms with Gasteiger partial charge in [-0.25, -0.2) is 0 Å². The van der Waals surface area contributed by atoms with E-state index in [9.17, 15) is 14.4 Å². The van der Waals surface area contributed by atoms with Crippen LogP contribution in [0.2, 0.25) is 0 Å². The molecule has 1 aliphatic heterocycles. The number of nitrogens with zero attached hydrogens (tertiary/aromatic N) is 2. The number of rotatable bonds is 9. The number of likely N-dealkylation sites (tertiary alicyclic amines) is 1. The Labute approximate surface area is 227 Å². The Hall–Kier alpha value is -4.42. The van der Waals surface area contributed by atoms with Crippen LogP contribution in [-0.4, -0.2) is 55.9 Å². The third-order valence-corrected chi connectivity index (χ3v) is 7.33. The fourth-order valence-electron chi connectivity index (χ4n) is 5.13. The number of amides is 3. The second kappa shape index (κ2) is 11.1. The van der Waals surface area contributed by atoms with Crippen molar-refractivity contribution in [2.75, 3.05) is 33.3 Å². The van der Waals surface area contributed by atoms with Crippen molar-refractivity contribution in [1.82, 2.24) is 20.9 Å². The molecule has 0 radical (unpaired) electrons. The molecular weight excluding hydrogens is 494 g/mol. The molecule has 0 atom stereocenters. The van der Waals surface area contributed by atoms with Crippen molar-refractivity contribution in [1.29, 1.82) is 5.26 Å². The van der Waals surface area contributed by atoms with Crippen molar-refractivity contribution in [2.45, 2.75) is 24.9 Å². The Morgan fingerprint density at radius 2 is 1.77 bits per heavy atom. The third-order valence-electron chi connectivity index (χ3n) is 7.33. The maximum atomic E-state index is 13.7. The predicted molar refractivity (Wildman–Crippen MR) is 146 cm³/mol. The van der Waals surface area contributed by atoms with Gasteiger partial charge in [-0.05, 0) is 53.9 Å². The minimum absolute atomic E-state index is 0.0312. The first-order valence-electron chi connectivity index (χ1n) is 13.1. The highest BCUT2D eigenvalue weighted by atomic mass is 16.5. The van der Waals surface area contributed by atoms with Crippen LogP contribution in [0.4, 0.5) is 0 Å². The lowest BCUT2D eigenvalue weighted by molar-refractivity contribution is -0.139. The first kappa shape index (κ1) is 26.2. The first-order valence-corrected chi connectivity index (χ1v) is 13.1. The highest BCUT2D eigenvalue weighted by Crippen LogP contribution is 2.48. The van der Waals surface area contributed by atoms with Gasteiger partial charge in [-0.3, -0.25) is 14.4 Å². The first-order chi connectivity index (χ1) is 18.9. The molecule has 1 saturated heterocycles. The zero-order valence-corrected chi connectivity index (χ0v) is 21.8. The van der Waals surface area contributed by atoms with Gasteiger partial charge in [-0.15, -0.1) is 0 Å². The van der Waals surface area contributed by atoms with E-state index in [0.29, 0.717) is 29.4 Å². The Bertz CT molecular complexity index is 1450. The Morgan fingerprint density at radius 1 is 1.03 bits per heavy atom. The second-order valence-corrected chi connectivity index (χ2v) is 10.3. The minimum atomic E-state index is -0.902. The monoisotopic (exact) mass is 525 g/mol. The summed E-state index contributed by atoms with van der Waals surface area (Å²) in [6.45, 7) is 2.20. The second-order valence-electron chi connectivity index (χ2n) is 10.3. The summed E-state index contributed by atoms with van der Waals surface area (Å²) >= 11 is 0. The van der Waals surface area contributed by atoms with Crippen LogP contribution in [-0.2, 0) is 21.7 Å². The van der Waals surface area contributed by atoms with Gasteiger partial charge in [0.2, 0.25) is 0 Å². The fraction of sp³-hybridized carbons (Fsp3) is 0.333. The quantitative estimate of drug-likeness (QED) is 0.291. The van der Waals surface area contributed by atoms with Crippen LogP contribution in [0.5, 0.6) is 5.75 Å². The third kappa shape index (κ3) is 5.86. The van der Waals surface area contributed by atoms with E-state index in [1.54, 1.807) is 24.3 Å². The fourth-order valence-corrected chi connectivity index (χ4v) is 5.13. The SMILES string of the molecule is CN1CC(COc2ccc(CNC(=O)C(=O)NCC#N)c(C(=O)NC3(c4cccc5ccccc45)CC3)c2)C1. The van der Waals surface area contributed by atoms with E-state index in [-0.39, 0.29) is 19.0 Å². The van der Waals surface area contributed by atoms with E-state index in [1.165, 1.54) is 0 Å². The Balaban J connectivity index is 1.36. The Kier molecular flexibility index (Phi) is 7.48. The lowest BCUT2D eigenvalue weighted by Gasteiger charge is -2.35. The van der Waals surface area contributed by atoms with E-state index in [1.807, 2.05) is 18.2 Å². The summed E-state index contributed by atoms with van der Waals surface area (Å²) < 4.78 is 6.01. The highest BCUT2D eigenvalue weighted by molar-refractivity contribution is 6.35. The minimum Gasteiger partial charge on any atom is -0.493 e. The number of nitriles is 1. The predicted octanol–water partition coefficient (Wildman–Crippen LogP) is 2.46. The van der Waals surface area contributed by atoms with Crippen LogP contribution >= 0.6 is 0 Å². The molecule has 0 aromatic heterocycles. The van der Waals surface area contributed by atoms with Crippen LogP contribution < -0.4 is 20.7 Å². The number of nitrogens with one attached hydrogen (secondary N) is 3. The number of fused-ring (bicyclic) bond motifs is 1. The van der Waals surface area contributed by atoms with Gasteiger partial charge in [0, 0.05) is 31.1 Å². The smallest absolute Gasteiger partial charge is 0.310 e. The molecule has 9 heteroatoms. The summed E-state index contributed by atoms with van der Waals surface area (Å²) in [7, 11) is 2.06. The number of ether oxygens (including phenoxy) is 1. The zero-order valence-electron chi connectivity index (χ0n) is 21.8. The molecule has 3 aromatic rings. The number of hydrogen-bond donors (Lipinski definition) is 3. The molecule has 5 rings (SSSR count). The normalized spacial score (nSPS) is 16.0. The number of carbonyl (C=O) groups excluding carboxylic acids is 3. The van der Waals surface area contributed by atoms with Gasteiger partial charge < -0.3 is 25.6 Å². The van der Waals surface area contributed by atoms with E-state index >= 15 is 0 Å². The molecule has 200 valence electrons. The van der Waals surface area contributed by atoms with Crippen LogP contribution in [0.3, 0.4) is 0 Å². The van der Waals surface area contributed by atoms with Gasteiger partial charge >= 0.3 is 11.8 Å². The summed E-state index contributed by atoms with van der Waals surface area (Å²) in [6.07, 6.45) is 1.65. The molecule has 3 aromatic carbocycles. The average Bonchev–Trinajstić information content (AvgIpc) is 3.72. The molecule has 0 bridgehead atoms. The van der Waals surface area contributed by atoms with E-state index in [2.05, 4.69) is 52.2 Å². The standard InChI is InChI=1S/C30H31N5O4/c1-35-17-20(18-35)19-39-23-10-9-22(16-33-29(38)28(37)32-14-13-31)25(15-23)27(36)34-30(11-12-30)26-8-4-6-21-5-2-3-7-24(21)26/h2-10,15,20H,11-12,14,16-19H2,1H3,(H,32,37)(H,33,38)(H,34,36). The zero-order chi connectivity index (χ0) is 27.4. The number of benzene rings is 3. The highest BCUT2D eigenvalue weighted by Gasteiger charge is 2.46. The molecule has 0 spiro atoms. The molecule has 1 saturated carbocycles. The van der Waals surface area contributed by atoms with E-state index in [0.717, 1.165) is 42.3 Å². The summed E-state index contributed by atoms with van der Waals surface area (Å²) in [5.41, 5.74) is 1.54. The molecule has 1 heterocycles. The molecule has 3 amide bonds. The lowest BCUT2D eigenvalue weighted by Crippen LogP contribution is -2.46. The molecule has 0 unspecified atom stereocenters. The molecular formula is C30H31N5O4. The molecule has 2 fully saturated rings. The maximum Gasteiger partial charge on any atom is 0.310 e. The van der Waals surface area contributed by atoms with Crippen molar-refractivity contribution >= 4 is 28.5 Å². The van der Waals surface area contributed by atoms with Crippen LogP contribution in [0.1, 0.15) is 34.3 Å². The topological polar surface area (TPSA) is 124 Å². The van der Waals surface area contributed by atoms with Crippen molar-refractivity contribution < 1.29 is 19.1 Å². The van der Waals surface area contributed by atoms with Gasteiger partial charge in [0.05, 0.1) is 18.2 Å². The van der Waals surface area contributed by atoms with E-state index < -0.39 is 17.4 Å². The Morgan fingerprint density at radius 3 is 2.51 bits per heavy atom. The van der Waals surface area contributed by atoms with Crippen molar-refractivity contribution in [3.8, 4) is 11.8 Å². The van der Waals surface area contributed by atoms with Crippen molar-refractivity contribution in [3.05, 3.63) is 77.4 Å². The summed E-state index contributed by atoms with van der Waals surface area (Å²) in [4.78, 5) is 40.1. The van der Waals surface area contributed by atoms with Gasteiger partial charge in [-0.1, -0.05) is 48.5 Å². The van der Waals surface area contributed by atoms with Gasteiger partial charge in [0.1, 0.15) is 12.3 Å². The van der Waals surface area contributed by atoms with Gasteiger partial charge in [0.25, 0.3) is 5.91 Å². The van der Waals surface area contributed by atoms with Crippen LogP contribution in [0, 0.1) is 17.2 Å².